The van der Waals surface area contributed by atoms with Gasteiger partial charge in [-0.2, -0.15) is 0 Å². The number of H-pyrrole nitrogens is 1. The minimum absolute atomic E-state index is 0.0691. The van der Waals surface area contributed by atoms with Gasteiger partial charge in [-0.05, 0) is 62.3 Å². The molecule has 0 unspecified atom stereocenters. The topological polar surface area (TPSA) is 97.5 Å². The summed E-state index contributed by atoms with van der Waals surface area (Å²) in [5.74, 6) is -0.811. The van der Waals surface area contributed by atoms with Crippen LogP contribution in [0.15, 0.2) is 0 Å². The lowest BCUT2D eigenvalue weighted by molar-refractivity contribution is -0.126. The van der Waals surface area contributed by atoms with Crippen LogP contribution in [0.1, 0.15) is 79.1 Å². The van der Waals surface area contributed by atoms with E-state index < -0.39 is 11.9 Å². The Morgan fingerprint density at radius 2 is 1.83 bits per heavy atom. The molecule has 3 atom stereocenters. The summed E-state index contributed by atoms with van der Waals surface area (Å²) in [7, 11) is 0. The molecule has 0 aliphatic heterocycles. The highest BCUT2D eigenvalue weighted by Gasteiger charge is 2.61. The molecule has 29 heavy (non-hydrogen) atoms. The molecule has 2 aliphatic carbocycles. The second-order valence-electron chi connectivity index (χ2n) is 9.15. The number of hydrogen-bond acceptors (Lipinski definition) is 5. The molecule has 7 heteroatoms. The smallest absolute Gasteiger partial charge is 0.355 e. The molecule has 1 amide bonds. The van der Waals surface area contributed by atoms with Crippen molar-refractivity contribution < 1.29 is 23.9 Å². The van der Waals surface area contributed by atoms with Gasteiger partial charge < -0.3 is 19.8 Å². The molecule has 160 valence electrons. The third-order valence-corrected chi connectivity index (χ3v) is 7.58. The third-order valence-electron chi connectivity index (χ3n) is 7.58. The Bertz CT molecular complexity index is 841. The van der Waals surface area contributed by atoms with Crippen LogP contribution < -0.4 is 5.32 Å². The van der Waals surface area contributed by atoms with Gasteiger partial charge in [0.15, 0.2) is 6.61 Å². The summed E-state index contributed by atoms with van der Waals surface area (Å²) >= 11 is 0. The van der Waals surface area contributed by atoms with E-state index in [1.807, 2.05) is 0 Å². The van der Waals surface area contributed by atoms with Gasteiger partial charge in [0.25, 0.3) is 5.91 Å². The quantitative estimate of drug-likeness (QED) is 0.709. The zero-order chi connectivity index (χ0) is 21.6. The molecule has 2 saturated carbocycles. The molecule has 1 aromatic heterocycles. The number of nitrogens with one attached hydrogen (secondary N) is 2. The normalized spacial score (nSPS) is 27.0. The average Bonchev–Trinajstić information content (AvgIpc) is 3.13. The highest BCUT2D eigenvalue weighted by atomic mass is 16.5. The number of rotatable bonds is 6. The first kappa shape index (κ1) is 21.4. The lowest BCUT2D eigenvalue weighted by Crippen LogP contribution is -2.48. The molecule has 1 heterocycles. The van der Waals surface area contributed by atoms with Crippen molar-refractivity contribution >= 4 is 17.8 Å². The van der Waals surface area contributed by atoms with Crippen molar-refractivity contribution in [3.63, 3.8) is 0 Å². The number of esters is 2. The number of amides is 1. The fourth-order valence-corrected chi connectivity index (χ4v) is 5.32. The highest BCUT2D eigenvalue weighted by Crippen LogP contribution is 2.65. The first-order valence-corrected chi connectivity index (χ1v) is 10.4. The van der Waals surface area contributed by atoms with Crippen LogP contribution in [0, 0.1) is 30.6 Å². The number of aromatic amines is 1. The van der Waals surface area contributed by atoms with E-state index in [0.717, 1.165) is 12.8 Å². The van der Waals surface area contributed by atoms with Crippen LogP contribution in [0.25, 0.3) is 0 Å². The van der Waals surface area contributed by atoms with E-state index in [9.17, 15) is 14.4 Å². The second kappa shape index (κ2) is 7.50. The van der Waals surface area contributed by atoms with Gasteiger partial charge in [0.1, 0.15) is 5.69 Å². The van der Waals surface area contributed by atoms with E-state index in [1.165, 1.54) is 6.42 Å². The lowest BCUT2D eigenvalue weighted by atomic mass is 9.69. The fourth-order valence-electron chi connectivity index (χ4n) is 5.32. The molecule has 2 aliphatic rings. The van der Waals surface area contributed by atoms with Gasteiger partial charge in [0, 0.05) is 11.7 Å². The van der Waals surface area contributed by atoms with E-state index in [2.05, 4.69) is 31.1 Å². The average molecular weight is 405 g/mol. The van der Waals surface area contributed by atoms with Crippen molar-refractivity contribution in [3.8, 4) is 0 Å². The largest absolute Gasteiger partial charge is 0.461 e. The minimum Gasteiger partial charge on any atom is -0.461 e. The number of aromatic nitrogens is 1. The molecule has 2 N–H and O–H groups in total. The predicted molar refractivity (Wildman–Crippen MR) is 108 cm³/mol. The number of ether oxygens (including phenoxy) is 2. The monoisotopic (exact) mass is 404 g/mol. The SMILES string of the molecule is CCOC(=O)c1[nH]c(C)c(C(=O)OCC(=O)N[C@H]2C[C@H]3CC[C@@]2(C)C3(C)C)c1C. The first-order chi connectivity index (χ1) is 13.5. The Labute approximate surface area is 171 Å². The van der Waals surface area contributed by atoms with Crippen molar-refractivity contribution in [3.05, 3.63) is 22.5 Å². The minimum atomic E-state index is -0.624. The summed E-state index contributed by atoms with van der Waals surface area (Å²) in [6, 6.07) is 0.105. The van der Waals surface area contributed by atoms with Crippen molar-refractivity contribution in [1.82, 2.24) is 10.3 Å². The lowest BCUT2D eigenvalue weighted by Gasteiger charge is -2.39. The molecule has 0 radical (unpaired) electrons. The van der Waals surface area contributed by atoms with Gasteiger partial charge in [-0.15, -0.1) is 0 Å². The predicted octanol–water partition coefficient (Wildman–Crippen LogP) is 3.30. The summed E-state index contributed by atoms with van der Waals surface area (Å²) in [4.78, 5) is 39.9. The van der Waals surface area contributed by atoms with E-state index >= 15 is 0 Å². The molecule has 0 spiro atoms. The van der Waals surface area contributed by atoms with E-state index in [1.54, 1.807) is 20.8 Å². The molecule has 0 aromatic carbocycles. The first-order valence-electron chi connectivity index (χ1n) is 10.4. The molecular formula is C22H32N2O5. The maximum atomic E-state index is 12.5. The van der Waals surface area contributed by atoms with Crippen LogP contribution in [-0.4, -0.2) is 42.1 Å². The Balaban J connectivity index is 1.60. The van der Waals surface area contributed by atoms with Crippen LogP contribution in [0.3, 0.4) is 0 Å². The number of carbonyl (C=O) groups excluding carboxylic acids is 3. The van der Waals surface area contributed by atoms with Crippen LogP contribution in [0.4, 0.5) is 0 Å². The number of fused-ring (bicyclic) bond motifs is 2. The maximum Gasteiger partial charge on any atom is 0.355 e. The molecule has 7 nitrogen and oxygen atoms in total. The van der Waals surface area contributed by atoms with Gasteiger partial charge in [0.05, 0.1) is 12.2 Å². The van der Waals surface area contributed by atoms with Crippen LogP contribution in [-0.2, 0) is 14.3 Å². The van der Waals surface area contributed by atoms with E-state index in [4.69, 9.17) is 9.47 Å². The van der Waals surface area contributed by atoms with E-state index in [-0.39, 0.29) is 47.3 Å². The van der Waals surface area contributed by atoms with Gasteiger partial charge >= 0.3 is 11.9 Å². The van der Waals surface area contributed by atoms with Gasteiger partial charge in [-0.25, -0.2) is 9.59 Å². The molecule has 2 fully saturated rings. The fraction of sp³-hybridized carbons (Fsp3) is 0.682. The van der Waals surface area contributed by atoms with Crippen LogP contribution in [0.2, 0.25) is 0 Å². The number of aryl methyl sites for hydroxylation is 1. The van der Waals surface area contributed by atoms with Crippen molar-refractivity contribution in [2.75, 3.05) is 13.2 Å². The summed E-state index contributed by atoms with van der Waals surface area (Å²) in [5.41, 5.74) is 1.75. The van der Waals surface area contributed by atoms with Crippen LogP contribution in [0.5, 0.6) is 0 Å². The summed E-state index contributed by atoms with van der Waals surface area (Å²) in [6.07, 6.45) is 3.29. The van der Waals surface area contributed by atoms with E-state index in [0.29, 0.717) is 17.2 Å². The Morgan fingerprint density at radius 1 is 1.14 bits per heavy atom. The second-order valence-corrected chi connectivity index (χ2v) is 9.15. The van der Waals surface area contributed by atoms with Gasteiger partial charge in [0.2, 0.25) is 0 Å². The standard InChI is InChI=1S/C22H32N2O5/c1-7-28-20(27)18-12(2)17(13(3)23-18)19(26)29-11-16(25)24-15-10-14-8-9-22(15,6)21(14,4)5/h14-15,23H,7-11H2,1-6H3,(H,24,25)/t14-,15+,22-/m1/s1. The van der Waals surface area contributed by atoms with Gasteiger partial charge in [-0.1, -0.05) is 20.8 Å². The third kappa shape index (κ3) is 3.45. The van der Waals surface area contributed by atoms with Crippen molar-refractivity contribution in [1.29, 1.82) is 0 Å². The van der Waals surface area contributed by atoms with Crippen molar-refractivity contribution in [2.45, 2.75) is 66.8 Å². The Morgan fingerprint density at radius 3 is 2.38 bits per heavy atom. The highest BCUT2D eigenvalue weighted by molar-refractivity contribution is 5.99. The molecule has 2 bridgehead atoms. The van der Waals surface area contributed by atoms with Gasteiger partial charge in [-0.3, -0.25) is 4.79 Å². The summed E-state index contributed by atoms with van der Waals surface area (Å²) in [5, 5.41) is 3.08. The number of carbonyl (C=O) groups is 3. The number of hydrogen-bond donors (Lipinski definition) is 2. The zero-order valence-electron chi connectivity index (χ0n) is 18.2. The Hall–Kier alpha value is -2.31. The molecule has 0 saturated heterocycles. The molecule has 1 aromatic rings. The zero-order valence-corrected chi connectivity index (χ0v) is 18.2. The summed E-state index contributed by atoms with van der Waals surface area (Å²) in [6.45, 7) is 11.8. The van der Waals surface area contributed by atoms with Crippen molar-refractivity contribution in [2.24, 2.45) is 16.7 Å². The van der Waals surface area contributed by atoms with Crippen LogP contribution >= 0.6 is 0 Å². The molecular weight excluding hydrogens is 372 g/mol. The Kier molecular flexibility index (Phi) is 5.54. The molecule has 3 rings (SSSR count). The summed E-state index contributed by atoms with van der Waals surface area (Å²) < 4.78 is 10.3. The maximum absolute atomic E-state index is 12.5.